The van der Waals surface area contributed by atoms with Crippen molar-refractivity contribution in [3.63, 3.8) is 0 Å². The van der Waals surface area contributed by atoms with Crippen LogP contribution in [0.3, 0.4) is 0 Å². The summed E-state index contributed by atoms with van der Waals surface area (Å²) >= 11 is 2.09. The van der Waals surface area contributed by atoms with E-state index in [2.05, 4.69) is 27.5 Å². The van der Waals surface area contributed by atoms with Crippen LogP contribution >= 0.6 is 11.8 Å². The van der Waals surface area contributed by atoms with Crippen molar-refractivity contribution in [3.8, 4) is 0 Å². The summed E-state index contributed by atoms with van der Waals surface area (Å²) in [6, 6.07) is 0. The van der Waals surface area contributed by atoms with E-state index in [1.54, 1.807) is 0 Å². The summed E-state index contributed by atoms with van der Waals surface area (Å²) in [4.78, 5) is 4.65. The fourth-order valence-corrected chi connectivity index (χ4v) is 3.90. The zero-order valence-corrected chi connectivity index (χ0v) is 10.2. The zero-order chi connectivity index (χ0) is 11.0. The van der Waals surface area contributed by atoms with Gasteiger partial charge in [0.2, 0.25) is 0 Å². The normalized spacial score (nSPS) is 29.3. The standard InChI is InChI=1S/C12H18N2OS/c15-10-3-4-14-8-9(13-12(14)7-10)6-11-2-1-5-16-11/h8,10-11,15H,1-7H2. The molecule has 3 rings (SSSR count). The molecule has 1 saturated heterocycles. The molecule has 4 heteroatoms. The van der Waals surface area contributed by atoms with E-state index < -0.39 is 0 Å². The Balaban J connectivity index is 1.71. The number of aryl methyl sites for hydroxylation is 1. The van der Waals surface area contributed by atoms with E-state index in [1.165, 1.54) is 24.3 Å². The van der Waals surface area contributed by atoms with Crippen molar-refractivity contribution in [2.75, 3.05) is 5.75 Å². The number of aliphatic hydroxyl groups excluding tert-OH is 1. The maximum atomic E-state index is 9.59. The fourth-order valence-electron chi connectivity index (χ4n) is 2.61. The van der Waals surface area contributed by atoms with E-state index in [0.29, 0.717) is 0 Å². The van der Waals surface area contributed by atoms with Gasteiger partial charge in [0.1, 0.15) is 5.82 Å². The molecule has 1 aromatic rings. The topological polar surface area (TPSA) is 38.0 Å². The molecule has 0 aromatic carbocycles. The number of aromatic nitrogens is 2. The minimum atomic E-state index is -0.177. The average Bonchev–Trinajstić information content (AvgIpc) is 2.86. The lowest BCUT2D eigenvalue weighted by Crippen LogP contribution is -2.22. The average molecular weight is 238 g/mol. The van der Waals surface area contributed by atoms with E-state index in [9.17, 15) is 5.11 Å². The minimum absolute atomic E-state index is 0.177. The Labute approximate surface area is 100 Å². The van der Waals surface area contributed by atoms with E-state index in [-0.39, 0.29) is 6.10 Å². The number of thioether (sulfide) groups is 1. The largest absolute Gasteiger partial charge is 0.393 e. The molecule has 0 spiro atoms. The van der Waals surface area contributed by atoms with E-state index >= 15 is 0 Å². The van der Waals surface area contributed by atoms with Crippen molar-refractivity contribution in [3.05, 3.63) is 17.7 Å². The van der Waals surface area contributed by atoms with Crippen LogP contribution in [0.25, 0.3) is 0 Å². The van der Waals surface area contributed by atoms with E-state index in [0.717, 1.165) is 36.9 Å². The number of imidazole rings is 1. The highest BCUT2D eigenvalue weighted by Gasteiger charge is 2.21. The Morgan fingerprint density at radius 1 is 1.50 bits per heavy atom. The van der Waals surface area contributed by atoms with Crippen molar-refractivity contribution in [1.29, 1.82) is 0 Å². The Kier molecular flexibility index (Phi) is 2.94. The lowest BCUT2D eigenvalue weighted by atomic mass is 10.1. The summed E-state index contributed by atoms with van der Waals surface area (Å²) in [6.07, 6.45) is 7.44. The predicted molar refractivity (Wildman–Crippen MR) is 65.7 cm³/mol. The van der Waals surface area contributed by atoms with E-state index in [4.69, 9.17) is 0 Å². The Morgan fingerprint density at radius 2 is 2.44 bits per heavy atom. The van der Waals surface area contributed by atoms with Crippen LogP contribution in [0.1, 0.15) is 30.8 Å². The summed E-state index contributed by atoms with van der Waals surface area (Å²) in [7, 11) is 0. The monoisotopic (exact) mass is 238 g/mol. The molecule has 1 fully saturated rings. The number of hydrogen-bond acceptors (Lipinski definition) is 3. The minimum Gasteiger partial charge on any atom is -0.393 e. The highest BCUT2D eigenvalue weighted by Crippen LogP contribution is 2.29. The first kappa shape index (κ1) is 10.7. The number of fused-ring (bicyclic) bond motifs is 1. The number of rotatable bonds is 2. The molecule has 88 valence electrons. The summed E-state index contributed by atoms with van der Waals surface area (Å²) in [6.45, 7) is 0.932. The highest BCUT2D eigenvalue weighted by atomic mass is 32.2. The van der Waals surface area contributed by atoms with Crippen LogP contribution in [0.5, 0.6) is 0 Å². The van der Waals surface area contributed by atoms with Gasteiger partial charge < -0.3 is 9.67 Å². The van der Waals surface area contributed by atoms with Gasteiger partial charge >= 0.3 is 0 Å². The van der Waals surface area contributed by atoms with Gasteiger partial charge in [-0.1, -0.05) is 0 Å². The second-order valence-corrected chi connectivity index (χ2v) is 6.24. The molecule has 2 aliphatic rings. The molecule has 3 nitrogen and oxygen atoms in total. The molecule has 0 amide bonds. The van der Waals surface area contributed by atoms with Gasteiger partial charge in [-0.3, -0.25) is 0 Å². The van der Waals surface area contributed by atoms with Gasteiger partial charge in [-0.25, -0.2) is 4.98 Å². The van der Waals surface area contributed by atoms with Crippen molar-refractivity contribution in [2.45, 2.75) is 50.0 Å². The lowest BCUT2D eigenvalue weighted by Gasteiger charge is -2.18. The Hall–Kier alpha value is -0.480. The molecule has 2 unspecified atom stereocenters. The second kappa shape index (κ2) is 4.41. The van der Waals surface area contributed by atoms with Crippen molar-refractivity contribution >= 4 is 11.8 Å². The van der Waals surface area contributed by atoms with Crippen LogP contribution in [0, 0.1) is 0 Å². The molecule has 0 radical (unpaired) electrons. The molecule has 1 N–H and O–H groups in total. The van der Waals surface area contributed by atoms with Gasteiger partial charge in [-0.2, -0.15) is 11.8 Å². The summed E-state index contributed by atoms with van der Waals surface area (Å²) in [5.74, 6) is 2.40. The lowest BCUT2D eigenvalue weighted by molar-refractivity contribution is 0.141. The zero-order valence-electron chi connectivity index (χ0n) is 9.43. The smallest absolute Gasteiger partial charge is 0.111 e. The first-order chi connectivity index (χ1) is 7.81. The maximum absolute atomic E-state index is 9.59. The van der Waals surface area contributed by atoms with Gasteiger partial charge in [0.25, 0.3) is 0 Å². The number of nitrogens with zero attached hydrogens (tertiary/aromatic N) is 2. The second-order valence-electron chi connectivity index (χ2n) is 4.83. The Morgan fingerprint density at radius 3 is 3.25 bits per heavy atom. The van der Waals surface area contributed by atoms with Crippen LogP contribution in [0.4, 0.5) is 0 Å². The number of hydrogen-bond donors (Lipinski definition) is 1. The van der Waals surface area contributed by atoms with Crippen molar-refractivity contribution in [2.24, 2.45) is 0 Å². The van der Waals surface area contributed by atoms with Crippen LogP contribution in [0.15, 0.2) is 6.20 Å². The molecular formula is C12H18N2OS. The third kappa shape index (κ3) is 2.13. The van der Waals surface area contributed by atoms with Crippen LogP contribution in [-0.4, -0.2) is 31.8 Å². The Bertz CT molecular complexity index is 371. The summed E-state index contributed by atoms with van der Waals surface area (Å²) in [5, 5.41) is 10.4. The van der Waals surface area contributed by atoms with Crippen molar-refractivity contribution < 1.29 is 5.11 Å². The first-order valence-corrected chi connectivity index (χ1v) is 7.21. The molecule has 16 heavy (non-hydrogen) atoms. The maximum Gasteiger partial charge on any atom is 0.111 e. The van der Waals surface area contributed by atoms with Gasteiger partial charge in [0.15, 0.2) is 0 Å². The SMILES string of the molecule is OC1CCn2cc(CC3CCCS3)nc2C1. The van der Waals surface area contributed by atoms with Crippen molar-refractivity contribution in [1.82, 2.24) is 9.55 Å². The van der Waals surface area contributed by atoms with Gasteiger partial charge in [-0.05, 0) is 25.0 Å². The molecule has 1 aromatic heterocycles. The molecule has 0 saturated carbocycles. The van der Waals surface area contributed by atoms with E-state index in [1.807, 2.05) is 0 Å². The van der Waals surface area contributed by atoms with Crippen LogP contribution in [0.2, 0.25) is 0 Å². The molecular weight excluding hydrogens is 220 g/mol. The summed E-state index contributed by atoms with van der Waals surface area (Å²) < 4.78 is 2.22. The molecule has 0 bridgehead atoms. The quantitative estimate of drug-likeness (QED) is 0.851. The molecule has 3 heterocycles. The highest BCUT2D eigenvalue weighted by molar-refractivity contribution is 8.00. The van der Waals surface area contributed by atoms with Crippen LogP contribution < -0.4 is 0 Å². The molecule has 0 aliphatic carbocycles. The third-order valence-electron chi connectivity index (χ3n) is 3.49. The number of aliphatic hydroxyl groups is 1. The first-order valence-electron chi connectivity index (χ1n) is 6.16. The van der Waals surface area contributed by atoms with Crippen LogP contribution in [-0.2, 0) is 19.4 Å². The van der Waals surface area contributed by atoms with Gasteiger partial charge in [0.05, 0.1) is 11.8 Å². The van der Waals surface area contributed by atoms with Gasteiger partial charge in [-0.15, -0.1) is 0 Å². The molecule has 2 atom stereocenters. The predicted octanol–water partition coefficient (Wildman–Crippen LogP) is 1.63. The molecule has 2 aliphatic heterocycles. The summed E-state index contributed by atoms with van der Waals surface area (Å²) in [5.41, 5.74) is 1.23. The van der Waals surface area contributed by atoms with Gasteiger partial charge in [0, 0.05) is 30.8 Å². The third-order valence-corrected chi connectivity index (χ3v) is 4.89. The fraction of sp³-hybridized carbons (Fsp3) is 0.750.